The Morgan fingerprint density at radius 2 is 1.16 bits per heavy atom. The smallest absolute Gasteiger partial charge is 0.291 e. The Morgan fingerprint density at radius 3 is 1.60 bits per heavy atom. The van der Waals surface area contributed by atoms with Gasteiger partial charge in [-0.15, -0.1) is 0 Å². The molecule has 0 rings (SSSR count). The molecule has 0 aliphatic rings. The topological polar surface area (TPSA) is 26.3 Å². The second-order valence-corrected chi connectivity index (χ2v) is 8.42. The van der Waals surface area contributed by atoms with E-state index in [0.717, 1.165) is 6.42 Å². The highest BCUT2D eigenvalue weighted by Crippen LogP contribution is 2.41. The quantitative estimate of drug-likeness (QED) is 0.204. The molecule has 2 nitrogen and oxygen atoms in total. The molecule has 0 saturated heterocycles. The lowest BCUT2D eigenvalue weighted by Crippen LogP contribution is -2.22. The zero-order chi connectivity index (χ0) is 18.8. The largest absolute Gasteiger partial charge is 0.529 e. The maximum atomic E-state index is 11.5. The third kappa shape index (κ3) is 13.5. The highest BCUT2D eigenvalue weighted by atomic mass is 28.2. The van der Waals surface area contributed by atoms with Crippen molar-refractivity contribution in [2.45, 2.75) is 130 Å². The number of carbonyl (C=O) groups excluding carboxylic acids is 1. The molecule has 0 amide bonds. The zero-order valence-corrected chi connectivity index (χ0v) is 19.8. The summed E-state index contributed by atoms with van der Waals surface area (Å²) < 4.78 is 4.98. The summed E-state index contributed by atoms with van der Waals surface area (Å²) in [5.74, 6) is 0.0166. The van der Waals surface area contributed by atoms with Gasteiger partial charge in [0.05, 0.1) is 0 Å². The predicted octanol–water partition coefficient (Wildman–Crippen LogP) is 6.49. The molecule has 0 unspecified atom stereocenters. The Bertz CT molecular complexity index is 290. The summed E-state index contributed by atoms with van der Waals surface area (Å²) in [6, 6.07) is 0. The molecule has 0 aromatic rings. The first-order valence-electron chi connectivity index (χ1n) is 11.2. The van der Waals surface area contributed by atoms with Gasteiger partial charge in [0.1, 0.15) is 0 Å². The van der Waals surface area contributed by atoms with Crippen molar-refractivity contribution in [1.82, 2.24) is 0 Å². The number of unbranched alkanes of at least 4 members (excludes halogenated alkanes) is 8. The van der Waals surface area contributed by atoms with Crippen molar-refractivity contribution in [1.29, 1.82) is 0 Å². The highest BCUT2D eigenvalue weighted by Gasteiger charge is 2.28. The molecule has 25 heavy (non-hydrogen) atoms. The van der Waals surface area contributed by atoms with Gasteiger partial charge in [-0.3, -0.25) is 4.79 Å². The summed E-state index contributed by atoms with van der Waals surface area (Å²) >= 11 is 0. The fraction of sp³-hybridized carbons (Fsp3) is 0.955. The van der Waals surface area contributed by atoms with E-state index in [-0.39, 0.29) is 5.97 Å². The van der Waals surface area contributed by atoms with Crippen LogP contribution in [0.3, 0.4) is 0 Å². The minimum atomic E-state index is 0.0166. The van der Waals surface area contributed by atoms with Crippen molar-refractivity contribution < 1.29 is 9.22 Å². The first-order valence-corrected chi connectivity index (χ1v) is 12.0. The van der Waals surface area contributed by atoms with Crippen LogP contribution in [-0.4, -0.2) is 16.5 Å². The van der Waals surface area contributed by atoms with Crippen LogP contribution in [0.25, 0.3) is 0 Å². The molecule has 0 fully saturated rings. The molecule has 0 bridgehead atoms. The summed E-state index contributed by atoms with van der Waals surface area (Å²) in [4.78, 5) is 11.5. The number of hydrogen-bond donors (Lipinski definition) is 0. The van der Waals surface area contributed by atoms with E-state index in [4.69, 9.17) is 4.43 Å². The van der Waals surface area contributed by atoms with E-state index in [1.165, 1.54) is 96.3 Å². The van der Waals surface area contributed by atoms with Gasteiger partial charge in [0.2, 0.25) is 10.5 Å². The maximum absolute atomic E-state index is 11.5. The van der Waals surface area contributed by atoms with Crippen LogP contribution in [0.1, 0.15) is 130 Å². The molecule has 0 spiro atoms. The Kier molecular flexibility index (Phi) is 16.9. The Morgan fingerprint density at radius 1 is 0.680 bits per heavy atom. The zero-order valence-electron chi connectivity index (χ0n) is 17.8. The van der Waals surface area contributed by atoms with E-state index < -0.39 is 0 Å². The third-order valence-electron chi connectivity index (χ3n) is 5.72. The molecule has 0 N–H and O–H groups in total. The van der Waals surface area contributed by atoms with Gasteiger partial charge in [0.15, 0.2) is 0 Å². The lowest BCUT2D eigenvalue weighted by Gasteiger charge is -2.34. The normalized spacial score (nSPS) is 11.8. The van der Waals surface area contributed by atoms with E-state index in [9.17, 15) is 4.79 Å². The van der Waals surface area contributed by atoms with Gasteiger partial charge in [0, 0.05) is 6.42 Å². The standard InChI is InChI=1S/C22H46O2Si/c1-4-7-9-11-13-18-22(17-6-3,19-14-12-10-8-5-2)20-15-16-21(23)24-25/h4-20H2,1-3,25H3. The lowest BCUT2D eigenvalue weighted by molar-refractivity contribution is -0.134. The van der Waals surface area contributed by atoms with Gasteiger partial charge in [-0.25, -0.2) is 0 Å². The summed E-state index contributed by atoms with van der Waals surface area (Å²) in [6.07, 6.45) is 21.9. The first-order chi connectivity index (χ1) is 12.1. The molecule has 0 aliphatic heterocycles. The molecule has 0 aliphatic carbocycles. The molecule has 0 aromatic carbocycles. The monoisotopic (exact) mass is 370 g/mol. The molecular weight excluding hydrogens is 324 g/mol. The van der Waals surface area contributed by atoms with Crippen LogP contribution in [0.15, 0.2) is 0 Å². The Balaban J connectivity index is 4.52. The summed E-state index contributed by atoms with van der Waals surface area (Å²) in [5, 5.41) is 0. The molecule has 0 aromatic heterocycles. The summed E-state index contributed by atoms with van der Waals surface area (Å²) in [6.45, 7) is 6.90. The van der Waals surface area contributed by atoms with Crippen LogP contribution in [0.2, 0.25) is 0 Å². The third-order valence-corrected chi connectivity index (χ3v) is 6.17. The van der Waals surface area contributed by atoms with Gasteiger partial charge >= 0.3 is 0 Å². The van der Waals surface area contributed by atoms with Crippen molar-refractivity contribution in [3.8, 4) is 0 Å². The van der Waals surface area contributed by atoms with E-state index in [1.807, 2.05) is 0 Å². The van der Waals surface area contributed by atoms with Crippen LogP contribution < -0.4 is 0 Å². The van der Waals surface area contributed by atoms with Crippen LogP contribution >= 0.6 is 0 Å². The predicted molar refractivity (Wildman–Crippen MR) is 114 cm³/mol. The van der Waals surface area contributed by atoms with E-state index >= 15 is 0 Å². The lowest BCUT2D eigenvalue weighted by atomic mass is 9.71. The maximum Gasteiger partial charge on any atom is 0.291 e. The van der Waals surface area contributed by atoms with Gasteiger partial charge in [-0.05, 0) is 37.5 Å². The van der Waals surface area contributed by atoms with Crippen molar-refractivity contribution in [2.75, 3.05) is 0 Å². The van der Waals surface area contributed by atoms with Crippen LogP contribution in [-0.2, 0) is 9.22 Å². The van der Waals surface area contributed by atoms with E-state index in [1.54, 1.807) is 0 Å². The molecular formula is C22H46O2Si. The molecule has 0 heterocycles. The fourth-order valence-corrected chi connectivity index (χ4v) is 4.40. The van der Waals surface area contributed by atoms with Crippen molar-refractivity contribution in [3.63, 3.8) is 0 Å². The average Bonchev–Trinajstić information content (AvgIpc) is 2.61. The van der Waals surface area contributed by atoms with Gasteiger partial charge in [-0.2, -0.15) is 0 Å². The van der Waals surface area contributed by atoms with Crippen molar-refractivity contribution in [2.24, 2.45) is 5.41 Å². The molecule has 0 atom stereocenters. The van der Waals surface area contributed by atoms with Gasteiger partial charge in [0.25, 0.3) is 5.97 Å². The summed E-state index contributed by atoms with van der Waals surface area (Å²) in [5.41, 5.74) is 0.485. The van der Waals surface area contributed by atoms with Crippen molar-refractivity contribution >= 4 is 16.5 Å². The molecule has 0 saturated carbocycles. The van der Waals surface area contributed by atoms with Crippen molar-refractivity contribution in [3.05, 3.63) is 0 Å². The van der Waals surface area contributed by atoms with Crippen LogP contribution in [0.4, 0.5) is 0 Å². The van der Waals surface area contributed by atoms with Crippen LogP contribution in [0.5, 0.6) is 0 Å². The van der Waals surface area contributed by atoms with E-state index in [2.05, 4.69) is 20.8 Å². The fourth-order valence-electron chi connectivity index (χ4n) is 4.20. The minimum Gasteiger partial charge on any atom is -0.529 e. The Labute approximate surface area is 161 Å². The van der Waals surface area contributed by atoms with Gasteiger partial charge in [-0.1, -0.05) is 91.4 Å². The van der Waals surface area contributed by atoms with E-state index in [0.29, 0.717) is 22.3 Å². The van der Waals surface area contributed by atoms with Crippen LogP contribution in [0, 0.1) is 5.41 Å². The number of rotatable bonds is 18. The molecule has 3 heteroatoms. The highest BCUT2D eigenvalue weighted by molar-refractivity contribution is 6.05. The first kappa shape index (κ1) is 24.7. The second kappa shape index (κ2) is 17.1. The number of carbonyl (C=O) groups is 1. The van der Waals surface area contributed by atoms with Gasteiger partial charge < -0.3 is 4.43 Å². The summed E-state index contributed by atoms with van der Waals surface area (Å²) in [7, 11) is 0.536. The number of hydrogen-bond acceptors (Lipinski definition) is 2. The second-order valence-electron chi connectivity index (χ2n) is 8.01. The Hall–Kier alpha value is -0.313. The molecule has 150 valence electrons. The minimum absolute atomic E-state index is 0.0166. The molecule has 0 radical (unpaired) electrons. The SMILES string of the molecule is CCCCCCCC(CCC)(CCCCCCC)CCCC(=O)O[SiH3]. The average molecular weight is 371 g/mol.